The van der Waals surface area contributed by atoms with Crippen LogP contribution in [-0.2, 0) is 0 Å². The maximum absolute atomic E-state index is 10.3. The minimum Gasteiger partial charge on any atom is -0.307 e. The summed E-state index contributed by atoms with van der Waals surface area (Å²) in [6.07, 6.45) is 7.72. The molecule has 0 unspecified atom stereocenters. The molecular weight excluding hydrogens is 781 g/mol. The standard InChI is InChI=1S/C58H36N6/c59-35-38-12-11-17-45(30-38)58-56(63-52-20-9-7-18-46(52)48-24-22-41(33-54(48)63)43-26-28-61-50(31-43)39-13-3-1-4-14-39)36-60-37-57(58)64-53-21-10-8-19-47(53)49-25-23-42(34-55(49)64)44-27-29-62-51(32-44)40-15-5-2-6-16-40/h1-34,36-37H. The molecule has 12 aromatic rings. The smallest absolute Gasteiger partial charge is 0.0991 e. The monoisotopic (exact) mass is 816 g/mol. The van der Waals surface area contributed by atoms with Gasteiger partial charge in [0, 0.05) is 50.6 Å². The van der Waals surface area contributed by atoms with E-state index in [0.717, 1.165) is 111 Å². The first-order valence-electron chi connectivity index (χ1n) is 21.3. The highest BCUT2D eigenvalue weighted by Crippen LogP contribution is 2.43. The minimum absolute atomic E-state index is 0.582. The SMILES string of the molecule is N#Cc1cccc(-c2c(-n3c4ccccc4c4ccc(-c5ccnc(-c6ccccc6)c5)cc43)cncc2-n2c3ccccc3c3ccc(-c4ccnc(-c5ccccc5)c4)cc32)c1. The van der Waals surface area contributed by atoms with E-state index in [2.05, 4.69) is 155 Å². The Hall–Kier alpha value is -8.92. The van der Waals surface area contributed by atoms with Crippen LogP contribution >= 0.6 is 0 Å². The summed E-state index contributed by atoms with van der Waals surface area (Å²) in [7, 11) is 0. The number of para-hydroxylation sites is 2. The lowest BCUT2D eigenvalue weighted by Gasteiger charge is -2.20. The van der Waals surface area contributed by atoms with E-state index >= 15 is 0 Å². The van der Waals surface area contributed by atoms with Crippen LogP contribution in [0.25, 0.3) is 111 Å². The van der Waals surface area contributed by atoms with Gasteiger partial charge in [0.1, 0.15) is 0 Å². The highest BCUT2D eigenvalue weighted by molar-refractivity contribution is 6.13. The first-order valence-corrected chi connectivity index (χ1v) is 21.3. The molecule has 0 bridgehead atoms. The zero-order valence-corrected chi connectivity index (χ0v) is 34.5. The summed E-state index contributed by atoms with van der Waals surface area (Å²) in [5.41, 5.74) is 16.8. The van der Waals surface area contributed by atoms with Crippen molar-refractivity contribution in [3.05, 3.63) is 224 Å². The van der Waals surface area contributed by atoms with Crippen LogP contribution in [0.3, 0.4) is 0 Å². The van der Waals surface area contributed by atoms with E-state index in [1.54, 1.807) is 0 Å². The van der Waals surface area contributed by atoms with E-state index in [4.69, 9.17) is 15.0 Å². The predicted octanol–water partition coefficient (Wildman–Crippen LogP) is 14.3. The van der Waals surface area contributed by atoms with Crippen LogP contribution in [0.15, 0.2) is 219 Å². The highest BCUT2D eigenvalue weighted by Gasteiger charge is 2.23. The van der Waals surface area contributed by atoms with Crippen molar-refractivity contribution in [1.29, 1.82) is 5.26 Å². The largest absolute Gasteiger partial charge is 0.307 e. The second-order valence-corrected chi connectivity index (χ2v) is 16.0. The minimum atomic E-state index is 0.582. The number of nitrogens with zero attached hydrogens (tertiary/aromatic N) is 6. The predicted molar refractivity (Wildman–Crippen MR) is 260 cm³/mol. The molecule has 5 aromatic heterocycles. The van der Waals surface area contributed by atoms with E-state index in [0.29, 0.717) is 5.56 Å². The van der Waals surface area contributed by atoms with Crippen molar-refractivity contribution in [3.63, 3.8) is 0 Å². The number of hydrogen-bond acceptors (Lipinski definition) is 4. The lowest BCUT2D eigenvalue weighted by atomic mass is 10.00. The molecule has 0 aliphatic carbocycles. The molecule has 12 rings (SSSR count). The highest BCUT2D eigenvalue weighted by atomic mass is 15.0. The zero-order chi connectivity index (χ0) is 42.6. The molecule has 6 nitrogen and oxygen atoms in total. The summed E-state index contributed by atoms with van der Waals surface area (Å²) in [6.45, 7) is 0. The molecule has 0 aliphatic rings. The molecule has 0 saturated heterocycles. The number of pyridine rings is 3. The van der Waals surface area contributed by atoms with Crippen molar-refractivity contribution in [2.75, 3.05) is 0 Å². The van der Waals surface area contributed by atoms with Crippen molar-refractivity contribution in [2.24, 2.45) is 0 Å². The Kier molecular flexibility index (Phi) is 8.77. The summed E-state index contributed by atoms with van der Waals surface area (Å²) >= 11 is 0. The van der Waals surface area contributed by atoms with E-state index in [9.17, 15) is 5.26 Å². The van der Waals surface area contributed by atoms with E-state index < -0.39 is 0 Å². The van der Waals surface area contributed by atoms with Crippen LogP contribution in [0.2, 0.25) is 0 Å². The van der Waals surface area contributed by atoms with Gasteiger partial charge in [0.05, 0.1) is 68.9 Å². The van der Waals surface area contributed by atoms with Gasteiger partial charge in [0.25, 0.3) is 0 Å². The van der Waals surface area contributed by atoms with Crippen LogP contribution in [0.5, 0.6) is 0 Å². The fourth-order valence-electron chi connectivity index (χ4n) is 9.39. The summed E-state index contributed by atoms with van der Waals surface area (Å²) < 4.78 is 4.69. The lowest BCUT2D eigenvalue weighted by Crippen LogP contribution is -2.05. The van der Waals surface area contributed by atoms with Crippen molar-refractivity contribution < 1.29 is 0 Å². The van der Waals surface area contributed by atoms with Crippen LogP contribution in [0.4, 0.5) is 0 Å². The Bertz CT molecular complexity index is 3580. The van der Waals surface area contributed by atoms with Gasteiger partial charge in [-0.1, -0.05) is 133 Å². The summed E-state index contributed by atoms with van der Waals surface area (Å²) in [5.74, 6) is 0. The molecule has 0 saturated carbocycles. The summed E-state index contributed by atoms with van der Waals surface area (Å²) in [6, 6.07) is 70.0. The molecule has 0 fully saturated rings. The molecule has 0 N–H and O–H groups in total. The Morgan fingerprint density at radius 1 is 0.359 bits per heavy atom. The van der Waals surface area contributed by atoms with Crippen molar-refractivity contribution in [1.82, 2.24) is 24.1 Å². The Morgan fingerprint density at radius 2 is 0.812 bits per heavy atom. The van der Waals surface area contributed by atoms with E-state index in [1.807, 2.05) is 79.4 Å². The number of benzene rings is 7. The third-order valence-corrected chi connectivity index (χ3v) is 12.3. The third-order valence-electron chi connectivity index (χ3n) is 12.3. The van der Waals surface area contributed by atoms with Gasteiger partial charge in [0.15, 0.2) is 0 Å². The number of nitriles is 1. The molecule has 0 amide bonds. The van der Waals surface area contributed by atoms with Gasteiger partial charge in [-0.2, -0.15) is 5.26 Å². The Labute approximate surface area is 369 Å². The maximum atomic E-state index is 10.3. The van der Waals surface area contributed by atoms with Crippen molar-refractivity contribution >= 4 is 43.6 Å². The van der Waals surface area contributed by atoms with Gasteiger partial charge < -0.3 is 9.13 Å². The van der Waals surface area contributed by atoms with Crippen molar-refractivity contribution in [3.8, 4) is 73.3 Å². The van der Waals surface area contributed by atoms with E-state index in [-0.39, 0.29) is 0 Å². The average molecular weight is 817 g/mol. The Balaban J connectivity index is 1.13. The fraction of sp³-hybridized carbons (Fsp3) is 0. The normalized spacial score (nSPS) is 11.4. The molecule has 0 spiro atoms. The summed E-state index contributed by atoms with van der Waals surface area (Å²) in [5, 5.41) is 14.8. The zero-order valence-electron chi connectivity index (χ0n) is 34.5. The second-order valence-electron chi connectivity index (χ2n) is 16.0. The number of aromatic nitrogens is 5. The molecule has 0 aliphatic heterocycles. The van der Waals surface area contributed by atoms with Gasteiger partial charge in [-0.25, -0.2) is 0 Å². The number of hydrogen-bond donors (Lipinski definition) is 0. The average Bonchev–Trinajstić information content (AvgIpc) is 3.88. The van der Waals surface area contributed by atoms with Crippen molar-refractivity contribution in [2.45, 2.75) is 0 Å². The molecule has 5 heterocycles. The quantitative estimate of drug-likeness (QED) is 0.161. The lowest BCUT2D eigenvalue weighted by molar-refractivity contribution is 1.09. The van der Waals surface area contributed by atoms with Crippen LogP contribution in [0, 0.1) is 11.3 Å². The van der Waals surface area contributed by atoms with Crippen LogP contribution in [-0.4, -0.2) is 24.1 Å². The van der Waals surface area contributed by atoms with Gasteiger partial charge in [-0.15, -0.1) is 0 Å². The molecule has 7 aromatic carbocycles. The number of rotatable bonds is 7. The van der Waals surface area contributed by atoms with Crippen LogP contribution < -0.4 is 0 Å². The third kappa shape index (κ3) is 6.14. The van der Waals surface area contributed by atoms with Gasteiger partial charge in [-0.3, -0.25) is 15.0 Å². The molecule has 6 heteroatoms. The molecular formula is C58H36N6. The van der Waals surface area contributed by atoms with E-state index in [1.165, 1.54) is 0 Å². The summed E-state index contributed by atoms with van der Waals surface area (Å²) in [4.78, 5) is 14.5. The maximum Gasteiger partial charge on any atom is 0.0991 e. The molecule has 64 heavy (non-hydrogen) atoms. The number of fused-ring (bicyclic) bond motifs is 6. The van der Waals surface area contributed by atoms with Gasteiger partial charge in [0.2, 0.25) is 0 Å². The van der Waals surface area contributed by atoms with Gasteiger partial charge in [-0.05, 0) is 88.5 Å². The Morgan fingerprint density at radius 3 is 1.33 bits per heavy atom. The fourth-order valence-corrected chi connectivity index (χ4v) is 9.39. The van der Waals surface area contributed by atoms with Gasteiger partial charge >= 0.3 is 0 Å². The van der Waals surface area contributed by atoms with Crippen LogP contribution in [0.1, 0.15) is 5.56 Å². The second kappa shape index (κ2) is 15.2. The molecule has 0 radical (unpaired) electrons. The first-order chi connectivity index (χ1) is 31.7. The molecule has 0 atom stereocenters. The topological polar surface area (TPSA) is 72.3 Å². The first kappa shape index (κ1) is 36.9. The molecule has 298 valence electrons.